The minimum absolute atomic E-state index is 0.0203. The van der Waals surface area contributed by atoms with Crippen molar-refractivity contribution < 1.29 is 14.3 Å². The third-order valence-corrected chi connectivity index (χ3v) is 6.58. The molecule has 1 aliphatic carbocycles. The van der Waals surface area contributed by atoms with Gasteiger partial charge in [-0.05, 0) is 46.6 Å². The van der Waals surface area contributed by atoms with E-state index in [4.69, 9.17) is 14.5 Å². The van der Waals surface area contributed by atoms with Crippen molar-refractivity contribution in [3.8, 4) is 5.75 Å². The number of ether oxygens (including phenoxy) is 2. The number of pyridine rings is 1. The Bertz CT molecular complexity index is 1410. The van der Waals surface area contributed by atoms with Gasteiger partial charge < -0.3 is 19.2 Å². The van der Waals surface area contributed by atoms with E-state index in [9.17, 15) is 4.79 Å². The van der Waals surface area contributed by atoms with Crippen LogP contribution in [0.2, 0.25) is 0 Å². The number of nitrogens with zero attached hydrogens (tertiary/aromatic N) is 5. The summed E-state index contributed by atoms with van der Waals surface area (Å²) in [7, 11) is 0. The molecular weight excluding hydrogens is 420 g/mol. The van der Waals surface area contributed by atoms with Crippen LogP contribution in [-0.2, 0) is 10.2 Å². The Labute approximate surface area is 190 Å². The summed E-state index contributed by atoms with van der Waals surface area (Å²) >= 11 is 0. The van der Waals surface area contributed by atoms with E-state index in [-0.39, 0.29) is 23.0 Å². The normalized spacial score (nSPS) is 23.9. The van der Waals surface area contributed by atoms with Crippen LogP contribution in [0.5, 0.6) is 5.75 Å². The first-order valence-corrected chi connectivity index (χ1v) is 11.2. The summed E-state index contributed by atoms with van der Waals surface area (Å²) in [5.41, 5.74) is 4.11. The molecule has 0 atom stereocenters. The number of anilines is 1. The topological polar surface area (TPSA) is 95.1 Å². The number of rotatable bonds is 5. The van der Waals surface area contributed by atoms with E-state index < -0.39 is 0 Å². The SMILES string of the molecule is Cc1ccn2ncc(NC(=O)c3cn4cc(C56COC(C)(C5)C6)nc4cc3OC(C)C)c2n1. The maximum atomic E-state index is 13.4. The highest BCUT2D eigenvalue weighted by atomic mass is 16.5. The predicted octanol–water partition coefficient (Wildman–Crippen LogP) is 3.55. The number of carbonyl (C=O) groups excluding carboxylic acids is 1. The molecule has 1 N–H and O–H groups in total. The fourth-order valence-electron chi connectivity index (χ4n) is 5.18. The Balaban J connectivity index is 1.38. The van der Waals surface area contributed by atoms with Crippen molar-refractivity contribution in [2.75, 3.05) is 11.9 Å². The van der Waals surface area contributed by atoms with Crippen LogP contribution >= 0.6 is 0 Å². The van der Waals surface area contributed by atoms with E-state index in [0.717, 1.165) is 29.9 Å². The molecule has 7 rings (SSSR count). The van der Waals surface area contributed by atoms with Gasteiger partial charge in [0.15, 0.2) is 5.65 Å². The Kier molecular flexibility index (Phi) is 4.14. The van der Waals surface area contributed by atoms with E-state index in [2.05, 4.69) is 22.3 Å². The quantitative estimate of drug-likeness (QED) is 0.504. The van der Waals surface area contributed by atoms with Gasteiger partial charge in [0.2, 0.25) is 0 Å². The molecule has 0 aromatic carbocycles. The fourth-order valence-corrected chi connectivity index (χ4v) is 5.18. The third kappa shape index (κ3) is 3.18. The molecule has 0 spiro atoms. The average molecular weight is 447 g/mol. The molecule has 3 aliphatic rings. The van der Waals surface area contributed by atoms with Gasteiger partial charge in [0, 0.05) is 35.8 Å². The largest absolute Gasteiger partial charge is 0.490 e. The predicted molar refractivity (Wildman–Crippen MR) is 122 cm³/mol. The highest BCUT2D eigenvalue weighted by Gasteiger charge is 2.61. The number of amides is 1. The summed E-state index contributed by atoms with van der Waals surface area (Å²) in [4.78, 5) is 22.7. The second-order valence-corrected chi connectivity index (χ2v) is 9.83. The first kappa shape index (κ1) is 20.2. The molecule has 1 saturated carbocycles. The molecule has 33 heavy (non-hydrogen) atoms. The standard InChI is InChI=1S/C24H26N6O3/c1-14(2)33-18-7-20-28-19(24-11-23(4,12-24)32-13-24)10-29(20)9-16(18)22(31)27-17-8-25-30-6-5-15(3)26-21(17)30/h5-10,14H,11-13H2,1-4H3,(H,27,31). The zero-order valence-corrected chi connectivity index (χ0v) is 19.1. The van der Waals surface area contributed by atoms with E-state index in [0.29, 0.717) is 29.3 Å². The zero-order chi connectivity index (χ0) is 23.0. The minimum Gasteiger partial charge on any atom is -0.490 e. The average Bonchev–Trinajstić information content (AvgIpc) is 3.48. The second kappa shape index (κ2) is 6.77. The molecule has 3 fully saturated rings. The fraction of sp³-hybridized carbons (Fsp3) is 0.417. The summed E-state index contributed by atoms with van der Waals surface area (Å²) in [5, 5.41) is 7.22. The number of fused-ring (bicyclic) bond motifs is 3. The van der Waals surface area contributed by atoms with E-state index in [1.165, 1.54) is 0 Å². The highest BCUT2D eigenvalue weighted by Crippen LogP contribution is 2.58. The van der Waals surface area contributed by atoms with Gasteiger partial charge >= 0.3 is 0 Å². The van der Waals surface area contributed by atoms with Crippen molar-refractivity contribution in [1.82, 2.24) is 24.0 Å². The monoisotopic (exact) mass is 446 g/mol. The molecule has 4 aromatic heterocycles. The first-order valence-electron chi connectivity index (χ1n) is 11.2. The molecule has 6 heterocycles. The Morgan fingerprint density at radius 3 is 2.82 bits per heavy atom. The molecular formula is C24H26N6O3. The number of nitrogens with one attached hydrogen (secondary N) is 1. The van der Waals surface area contributed by atoms with Crippen LogP contribution in [0.25, 0.3) is 11.3 Å². The number of hydrogen-bond acceptors (Lipinski definition) is 6. The Morgan fingerprint density at radius 2 is 2.09 bits per heavy atom. The lowest BCUT2D eigenvalue weighted by Crippen LogP contribution is -2.45. The van der Waals surface area contributed by atoms with Crippen LogP contribution in [0, 0.1) is 6.92 Å². The Hall–Kier alpha value is -3.46. The number of imidazole rings is 1. The summed E-state index contributed by atoms with van der Waals surface area (Å²) in [5.74, 6) is 0.200. The van der Waals surface area contributed by atoms with Gasteiger partial charge in [-0.2, -0.15) is 5.10 Å². The summed E-state index contributed by atoms with van der Waals surface area (Å²) < 4.78 is 15.5. The molecule has 0 unspecified atom stereocenters. The summed E-state index contributed by atoms with van der Waals surface area (Å²) in [6.45, 7) is 8.62. The molecule has 9 heteroatoms. The van der Waals surface area contributed by atoms with Crippen molar-refractivity contribution in [1.29, 1.82) is 0 Å². The first-order chi connectivity index (χ1) is 15.7. The van der Waals surface area contributed by atoms with E-state index >= 15 is 0 Å². The molecule has 2 bridgehead atoms. The van der Waals surface area contributed by atoms with Crippen LogP contribution in [0.4, 0.5) is 5.69 Å². The van der Waals surface area contributed by atoms with Crippen molar-refractivity contribution in [3.05, 3.63) is 53.9 Å². The highest BCUT2D eigenvalue weighted by molar-refractivity contribution is 6.07. The minimum atomic E-state index is -0.292. The lowest BCUT2D eigenvalue weighted by atomic mass is 9.62. The van der Waals surface area contributed by atoms with Gasteiger partial charge in [0.25, 0.3) is 5.91 Å². The van der Waals surface area contributed by atoms with Crippen LogP contribution in [0.3, 0.4) is 0 Å². The third-order valence-electron chi connectivity index (χ3n) is 6.58. The van der Waals surface area contributed by atoms with Gasteiger partial charge in [0.05, 0.1) is 35.8 Å². The van der Waals surface area contributed by atoms with E-state index in [1.807, 2.05) is 49.7 Å². The molecule has 0 radical (unpaired) electrons. The summed E-state index contributed by atoms with van der Waals surface area (Å²) in [6.07, 6.45) is 9.08. The smallest absolute Gasteiger partial charge is 0.261 e. The van der Waals surface area contributed by atoms with Gasteiger partial charge in [-0.15, -0.1) is 0 Å². The number of aryl methyl sites for hydroxylation is 1. The van der Waals surface area contributed by atoms with E-state index in [1.54, 1.807) is 16.9 Å². The van der Waals surface area contributed by atoms with Crippen LogP contribution in [0.15, 0.2) is 36.9 Å². The molecule has 2 aliphatic heterocycles. The van der Waals surface area contributed by atoms with Crippen molar-refractivity contribution in [3.63, 3.8) is 0 Å². The maximum absolute atomic E-state index is 13.4. The van der Waals surface area contributed by atoms with Gasteiger partial charge in [-0.3, -0.25) is 4.79 Å². The lowest BCUT2D eigenvalue weighted by molar-refractivity contribution is 0.0154. The molecule has 1 amide bonds. The molecule has 9 nitrogen and oxygen atoms in total. The van der Waals surface area contributed by atoms with Crippen molar-refractivity contribution >= 4 is 22.9 Å². The molecule has 2 saturated heterocycles. The van der Waals surface area contributed by atoms with Crippen molar-refractivity contribution in [2.24, 2.45) is 0 Å². The van der Waals surface area contributed by atoms with Gasteiger partial charge in [-0.1, -0.05) is 0 Å². The number of hydrogen-bond donors (Lipinski definition) is 1. The number of carbonyl (C=O) groups is 1. The molecule has 4 aromatic rings. The maximum Gasteiger partial charge on any atom is 0.261 e. The summed E-state index contributed by atoms with van der Waals surface area (Å²) in [6, 6.07) is 3.70. The van der Waals surface area contributed by atoms with Crippen LogP contribution < -0.4 is 10.1 Å². The van der Waals surface area contributed by atoms with Crippen LogP contribution in [0.1, 0.15) is 55.4 Å². The second-order valence-electron chi connectivity index (χ2n) is 9.83. The molecule has 170 valence electrons. The number of aromatic nitrogens is 5. The van der Waals surface area contributed by atoms with Gasteiger partial charge in [-0.25, -0.2) is 14.5 Å². The Morgan fingerprint density at radius 1 is 1.27 bits per heavy atom. The van der Waals surface area contributed by atoms with Crippen molar-refractivity contribution in [2.45, 2.75) is 57.7 Å². The lowest BCUT2D eigenvalue weighted by Gasteiger charge is -2.41. The van der Waals surface area contributed by atoms with Gasteiger partial charge in [0.1, 0.15) is 17.1 Å². The van der Waals surface area contributed by atoms with Crippen LogP contribution in [-0.4, -0.2) is 48.2 Å². The zero-order valence-electron chi connectivity index (χ0n) is 19.1.